The Morgan fingerprint density at radius 1 is 1.19 bits per heavy atom. The van der Waals surface area contributed by atoms with Gasteiger partial charge in [-0.2, -0.15) is 5.10 Å². The minimum Gasteiger partial charge on any atom is -0.326 e. The van der Waals surface area contributed by atoms with Crippen LogP contribution in [0.2, 0.25) is 0 Å². The predicted molar refractivity (Wildman–Crippen MR) is 101 cm³/mol. The first-order valence-electron chi connectivity index (χ1n) is 7.47. The highest BCUT2D eigenvalue weighted by Crippen LogP contribution is 2.24. The maximum atomic E-state index is 11.8. The Morgan fingerprint density at radius 3 is 2.54 bits per heavy atom. The molecule has 0 aliphatic carbocycles. The van der Waals surface area contributed by atoms with Crippen molar-refractivity contribution in [3.05, 3.63) is 68.2 Å². The van der Waals surface area contributed by atoms with Gasteiger partial charge in [-0.25, -0.2) is 5.43 Å². The van der Waals surface area contributed by atoms with E-state index in [9.17, 15) is 19.7 Å². The molecular formula is C17H15BrN4O4. The molecule has 0 saturated carbocycles. The van der Waals surface area contributed by atoms with Crippen molar-refractivity contribution in [3.63, 3.8) is 0 Å². The molecule has 2 aromatic carbocycles. The number of benzene rings is 2. The number of hydrogen-bond acceptors (Lipinski definition) is 5. The molecule has 134 valence electrons. The number of aryl methyl sites for hydroxylation is 1. The summed E-state index contributed by atoms with van der Waals surface area (Å²) in [6, 6.07) is 11.6. The lowest BCUT2D eigenvalue weighted by Crippen LogP contribution is -2.24. The van der Waals surface area contributed by atoms with E-state index in [0.717, 1.165) is 5.56 Å². The number of carbonyl (C=O) groups is 2. The van der Waals surface area contributed by atoms with Gasteiger partial charge in [0, 0.05) is 17.3 Å². The van der Waals surface area contributed by atoms with E-state index in [-0.39, 0.29) is 5.69 Å². The Kier molecular flexibility index (Phi) is 6.56. The van der Waals surface area contributed by atoms with Crippen molar-refractivity contribution in [3.8, 4) is 0 Å². The van der Waals surface area contributed by atoms with Crippen molar-refractivity contribution in [1.82, 2.24) is 5.43 Å². The Balaban J connectivity index is 1.87. The molecule has 0 atom stereocenters. The van der Waals surface area contributed by atoms with Gasteiger partial charge in [0.25, 0.3) is 5.69 Å². The van der Waals surface area contributed by atoms with Crippen LogP contribution in [0.15, 0.2) is 52.0 Å². The maximum Gasteiger partial charge on any atom is 0.284 e. The van der Waals surface area contributed by atoms with Gasteiger partial charge in [0.05, 0.1) is 15.6 Å². The van der Waals surface area contributed by atoms with Gasteiger partial charge in [-0.3, -0.25) is 19.7 Å². The van der Waals surface area contributed by atoms with Crippen LogP contribution in [0.4, 0.5) is 11.4 Å². The van der Waals surface area contributed by atoms with Gasteiger partial charge in [0.2, 0.25) is 11.8 Å². The van der Waals surface area contributed by atoms with Crippen LogP contribution in [0.1, 0.15) is 17.5 Å². The predicted octanol–water partition coefficient (Wildman–Crippen LogP) is 3.14. The number of hydrogen-bond donors (Lipinski definition) is 2. The maximum absolute atomic E-state index is 11.8. The molecule has 0 fully saturated rings. The third-order valence-electron chi connectivity index (χ3n) is 3.23. The first kappa shape index (κ1) is 19.3. The summed E-state index contributed by atoms with van der Waals surface area (Å²) in [5.74, 6) is -1.07. The van der Waals surface area contributed by atoms with E-state index in [1.54, 1.807) is 18.2 Å². The number of halogens is 1. The molecule has 2 N–H and O–H groups in total. The highest BCUT2D eigenvalue weighted by atomic mass is 79.9. The summed E-state index contributed by atoms with van der Waals surface area (Å²) in [4.78, 5) is 33.8. The molecule has 0 unspecified atom stereocenters. The van der Waals surface area contributed by atoms with Crippen molar-refractivity contribution in [2.45, 2.75) is 13.3 Å². The molecule has 0 aliphatic heterocycles. The van der Waals surface area contributed by atoms with Crippen LogP contribution in [0, 0.1) is 17.0 Å². The molecule has 0 aliphatic rings. The van der Waals surface area contributed by atoms with Crippen molar-refractivity contribution in [2.75, 3.05) is 5.32 Å². The third-order valence-corrected chi connectivity index (χ3v) is 3.90. The summed E-state index contributed by atoms with van der Waals surface area (Å²) in [7, 11) is 0. The number of nitrogens with one attached hydrogen (secondary N) is 2. The van der Waals surface area contributed by atoms with Gasteiger partial charge in [-0.1, -0.05) is 23.8 Å². The van der Waals surface area contributed by atoms with E-state index in [1.165, 1.54) is 18.3 Å². The van der Waals surface area contributed by atoms with Crippen molar-refractivity contribution >= 4 is 45.3 Å². The molecule has 0 radical (unpaired) electrons. The lowest BCUT2D eigenvalue weighted by molar-refractivity contribution is -0.385. The van der Waals surface area contributed by atoms with Crippen LogP contribution in [0.25, 0.3) is 0 Å². The topological polar surface area (TPSA) is 114 Å². The number of carbonyl (C=O) groups excluding carboxylic acids is 2. The van der Waals surface area contributed by atoms with Crippen LogP contribution >= 0.6 is 15.9 Å². The van der Waals surface area contributed by atoms with E-state index in [4.69, 9.17) is 0 Å². The second-order valence-corrected chi connectivity index (χ2v) is 6.21. The fraction of sp³-hybridized carbons (Fsp3) is 0.118. The second kappa shape index (κ2) is 8.86. The van der Waals surface area contributed by atoms with Gasteiger partial charge in [-0.05, 0) is 41.1 Å². The fourth-order valence-electron chi connectivity index (χ4n) is 1.96. The van der Waals surface area contributed by atoms with Crippen LogP contribution < -0.4 is 10.7 Å². The van der Waals surface area contributed by atoms with E-state index >= 15 is 0 Å². The summed E-state index contributed by atoms with van der Waals surface area (Å²) >= 11 is 3.08. The van der Waals surface area contributed by atoms with Gasteiger partial charge >= 0.3 is 0 Å². The molecular weight excluding hydrogens is 404 g/mol. The van der Waals surface area contributed by atoms with E-state index < -0.39 is 23.2 Å². The summed E-state index contributed by atoms with van der Waals surface area (Å²) in [5, 5.41) is 17.2. The van der Waals surface area contributed by atoms with Crippen LogP contribution in [0.3, 0.4) is 0 Å². The Morgan fingerprint density at radius 2 is 1.88 bits per heavy atom. The van der Waals surface area contributed by atoms with E-state index in [0.29, 0.717) is 15.7 Å². The summed E-state index contributed by atoms with van der Waals surface area (Å²) in [6.07, 6.45) is 0.862. The lowest BCUT2D eigenvalue weighted by atomic mass is 10.2. The van der Waals surface area contributed by atoms with Gasteiger partial charge in [0.1, 0.15) is 6.42 Å². The smallest absolute Gasteiger partial charge is 0.284 e. The normalized spacial score (nSPS) is 10.5. The monoisotopic (exact) mass is 418 g/mol. The van der Waals surface area contributed by atoms with Gasteiger partial charge in [-0.15, -0.1) is 0 Å². The minimum absolute atomic E-state index is 0.113. The Labute approximate surface area is 157 Å². The summed E-state index contributed by atoms with van der Waals surface area (Å²) < 4.78 is 0.344. The van der Waals surface area contributed by atoms with Crippen LogP contribution in [-0.2, 0) is 9.59 Å². The molecule has 0 heterocycles. The second-order valence-electron chi connectivity index (χ2n) is 5.35. The van der Waals surface area contributed by atoms with Crippen LogP contribution in [-0.4, -0.2) is 23.0 Å². The third kappa shape index (κ3) is 5.78. The average Bonchev–Trinajstić information content (AvgIpc) is 2.58. The molecule has 8 nitrogen and oxygen atoms in total. The number of amides is 2. The molecule has 26 heavy (non-hydrogen) atoms. The minimum atomic E-state index is -0.600. The van der Waals surface area contributed by atoms with E-state index in [2.05, 4.69) is 31.8 Å². The number of nitro groups is 1. The first-order chi connectivity index (χ1) is 12.3. The summed E-state index contributed by atoms with van der Waals surface area (Å²) in [6.45, 7) is 1.93. The molecule has 2 amide bonds. The number of anilines is 1. The highest BCUT2D eigenvalue weighted by molar-refractivity contribution is 9.10. The van der Waals surface area contributed by atoms with Crippen LogP contribution in [0.5, 0.6) is 0 Å². The standard InChI is InChI=1S/C17H15BrN4O4/c1-11-2-5-13(6-3-11)20-16(23)9-17(24)21-19-10-12-4-7-14(18)15(8-12)22(25)26/h2-8,10H,9H2,1H3,(H,20,23)(H,21,24). The molecule has 0 spiro atoms. The number of hydrazone groups is 1. The fourth-order valence-corrected chi connectivity index (χ4v) is 2.35. The zero-order valence-corrected chi connectivity index (χ0v) is 15.3. The number of rotatable bonds is 6. The zero-order valence-electron chi connectivity index (χ0n) is 13.7. The van der Waals surface area contributed by atoms with Crippen molar-refractivity contribution < 1.29 is 14.5 Å². The first-order valence-corrected chi connectivity index (χ1v) is 8.27. The summed E-state index contributed by atoms with van der Waals surface area (Å²) in [5.41, 5.74) is 4.18. The van der Waals surface area contributed by atoms with E-state index in [1.807, 2.05) is 19.1 Å². The Hall–Kier alpha value is -3.07. The SMILES string of the molecule is Cc1ccc(NC(=O)CC(=O)NN=Cc2ccc(Br)c([N+](=O)[O-])c2)cc1. The molecule has 2 rings (SSSR count). The molecule has 0 bridgehead atoms. The lowest BCUT2D eigenvalue weighted by Gasteiger charge is -2.04. The van der Waals surface area contributed by atoms with Gasteiger partial charge < -0.3 is 5.32 Å². The zero-order chi connectivity index (χ0) is 19.1. The molecule has 9 heteroatoms. The molecule has 0 aromatic heterocycles. The Bertz CT molecular complexity index is 866. The van der Waals surface area contributed by atoms with Crippen molar-refractivity contribution in [2.24, 2.45) is 5.10 Å². The number of nitro benzene ring substituents is 1. The highest BCUT2D eigenvalue weighted by Gasteiger charge is 2.12. The largest absolute Gasteiger partial charge is 0.326 e. The quantitative estimate of drug-likeness (QED) is 0.324. The van der Waals surface area contributed by atoms with Crippen molar-refractivity contribution in [1.29, 1.82) is 0 Å². The van der Waals surface area contributed by atoms with Gasteiger partial charge in [0.15, 0.2) is 0 Å². The molecule has 2 aromatic rings. The molecule has 0 saturated heterocycles. The average molecular weight is 419 g/mol. The number of nitrogens with zero attached hydrogens (tertiary/aromatic N) is 2.